The number of rotatable bonds is 4. The van der Waals surface area contributed by atoms with Crippen molar-refractivity contribution >= 4 is 11.8 Å². The maximum absolute atomic E-state index is 13.1. The van der Waals surface area contributed by atoms with E-state index < -0.39 is 18.1 Å². The highest BCUT2D eigenvalue weighted by molar-refractivity contribution is 5.85. The van der Waals surface area contributed by atoms with Crippen LogP contribution >= 0.6 is 0 Å². The Morgan fingerprint density at radius 2 is 1.91 bits per heavy atom. The molecule has 0 spiro atoms. The summed E-state index contributed by atoms with van der Waals surface area (Å²) in [5, 5.41) is 1.98. The topological polar surface area (TPSA) is 49.4 Å². The Morgan fingerprint density at radius 1 is 1.23 bits per heavy atom. The lowest BCUT2D eigenvalue weighted by molar-refractivity contribution is -0.164. The third kappa shape index (κ3) is 4.22. The molecule has 1 atom stereocenters. The van der Waals surface area contributed by atoms with Gasteiger partial charge in [-0.05, 0) is 18.4 Å². The molecule has 7 heteroatoms. The Kier molecular flexibility index (Phi) is 5.05. The second kappa shape index (κ2) is 6.81. The minimum absolute atomic E-state index is 0.0340. The van der Waals surface area contributed by atoms with Crippen molar-refractivity contribution < 1.29 is 22.8 Å². The van der Waals surface area contributed by atoms with Crippen molar-refractivity contribution in [2.45, 2.75) is 31.5 Å². The molecule has 1 saturated heterocycles. The van der Waals surface area contributed by atoms with Crippen LogP contribution < -0.4 is 5.32 Å². The molecule has 1 aromatic rings. The lowest BCUT2D eigenvalue weighted by atomic mass is 10.1. The van der Waals surface area contributed by atoms with Crippen LogP contribution in [0.5, 0.6) is 0 Å². The fourth-order valence-corrected chi connectivity index (χ4v) is 2.41. The molecule has 0 saturated carbocycles. The van der Waals surface area contributed by atoms with Gasteiger partial charge in [0.25, 0.3) is 0 Å². The smallest absolute Gasteiger partial charge is 0.339 e. The molecular weight excluding hydrogens is 297 g/mol. The number of nitrogens with zero attached hydrogens (tertiary/aromatic N) is 1. The molecule has 1 heterocycles. The molecule has 1 aliphatic rings. The molecule has 1 fully saturated rings. The highest BCUT2D eigenvalue weighted by atomic mass is 19.4. The van der Waals surface area contributed by atoms with Crippen molar-refractivity contribution in [2.75, 3.05) is 13.1 Å². The second-order valence-corrected chi connectivity index (χ2v) is 5.23. The zero-order valence-electron chi connectivity index (χ0n) is 11.9. The minimum Gasteiger partial charge on any atom is -0.339 e. The first-order valence-electron chi connectivity index (χ1n) is 7.07. The van der Waals surface area contributed by atoms with E-state index in [2.05, 4.69) is 0 Å². The molecule has 0 bridgehead atoms. The molecule has 0 aromatic heterocycles. The molecule has 0 radical (unpaired) electrons. The van der Waals surface area contributed by atoms with Crippen LogP contribution in [0.3, 0.4) is 0 Å². The molecular formula is C15H17F3N2O2. The first-order valence-corrected chi connectivity index (χ1v) is 7.07. The number of piperidine rings is 1. The quantitative estimate of drug-likeness (QED) is 0.928. The number of hydrogen-bond acceptors (Lipinski definition) is 2. The van der Waals surface area contributed by atoms with Gasteiger partial charge in [0.1, 0.15) is 0 Å². The van der Waals surface area contributed by atoms with E-state index in [4.69, 9.17) is 0 Å². The van der Waals surface area contributed by atoms with Crippen LogP contribution in [0.4, 0.5) is 13.2 Å². The van der Waals surface area contributed by atoms with E-state index in [0.717, 1.165) is 12.8 Å². The van der Waals surface area contributed by atoms with Crippen molar-refractivity contribution in [3.63, 3.8) is 0 Å². The number of benzene rings is 1. The third-order valence-corrected chi connectivity index (χ3v) is 3.52. The largest absolute Gasteiger partial charge is 0.412 e. The van der Waals surface area contributed by atoms with Gasteiger partial charge in [0, 0.05) is 13.0 Å². The number of halogens is 3. The van der Waals surface area contributed by atoms with Gasteiger partial charge < -0.3 is 10.2 Å². The molecule has 1 N–H and O–H groups in total. The standard InChI is InChI=1S/C15H17F3N2O2/c16-15(17,18)14(11-6-2-1-3-7-11)19-12(21)10-20-9-5-4-8-13(20)22/h1-3,6-7,14H,4-5,8-10H2,(H,19,21)/t14-/m1/s1. The minimum atomic E-state index is -4.59. The molecule has 1 aromatic carbocycles. The van der Waals surface area contributed by atoms with Gasteiger partial charge in [0.05, 0.1) is 6.54 Å². The van der Waals surface area contributed by atoms with Crippen LogP contribution in [0, 0.1) is 0 Å². The predicted molar refractivity (Wildman–Crippen MR) is 73.8 cm³/mol. The summed E-state index contributed by atoms with van der Waals surface area (Å²) >= 11 is 0. The van der Waals surface area contributed by atoms with Crippen LogP contribution in [0.1, 0.15) is 30.9 Å². The Bertz CT molecular complexity index is 531. The van der Waals surface area contributed by atoms with E-state index in [1.165, 1.54) is 29.2 Å². The van der Waals surface area contributed by atoms with Crippen LogP contribution in [0.25, 0.3) is 0 Å². The molecule has 1 aliphatic heterocycles. The summed E-state index contributed by atoms with van der Waals surface area (Å²) in [5.41, 5.74) is -0.0340. The average Bonchev–Trinajstić information content (AvgIpc) is 2.47. The summed E-state index contributed by atoms with van der Waals surface area (Å²) in [6.45, 7) is 0.0759. The van der Waals surface area contributed by atoms with Crippen molar-refractivity contribution in [1.82, 2.24) is 10.2 Å². The van der Waals surface area contributed by atoms with Crippen LogP contribution in [-0.2, 0) is 9.59 Å². The Balaban J connectivity index is 2.04. The van der Waals surface area contributed by atoms with Crippen molar-refractivity contribution in [3.8, 4) is 0 Å². The molecule has 2 rings (SSSR count). The van der Waals surface area contributed by atoms with Gasteiger partial charge >= 0.3 is 6.18 Å². The van der Waals surface area contributed by atoms with E-state index >= 15 is 0 Å². The maximum atomic E-state index is 13.1. The predicted octanol–water partition coefficient (Wildman–Crippen LogP) is 2.42. The second-order valence-electron chi connectivity index (χ2n) is 5.23. The van der Waals surface area contributed by atoms with Crippen LogP contribution in [-0.4, -0.2) is 36.0 Å². The van der Waals surface area contributed by atoms with Gasteiger partial charge in [0.2, 0.25) is 11.8 Å². The first kappa shape index (κ1) is 16.3. The van der Waals surface area contributed by atoms with E-state index in [-0.39, 0.29) is 18.0 Å². The molecule has 2 amide bonds. The zero-order valence-corrected chi connectivity index (χ0v) is 11.9. The molecule has 22 heavy (non-hydrogen) atoms. The SMILES string of the molecule is O=C(CN1CCCCC1=O)N[C@H](c1ccccc1)C(F)(F)F. The van der Waals surface area contributed by atoms with Gasteiger partial charge in [-0.15, -0.1) is 0 Å². The van der Waals surface area contributed by atoms with Gasteiger partial charge in [-0.25, -0.2) is 0 Å². The van der Waals surface area contributed by atoms with Gasteiger partial charge in [0.15, 0.2) is 6.04 Å². The number of likely N-dealkylation sites (tertiary alicyclic amines) is 1. The van der Waals surface area contributed by atoms with Crippen LogP contribution in [0.2, 0.25) is 0 Å². The number of nitrogens with one attached hydrogen (secondary N) is 1. The van der Waals surface area contributed by atoms with Crippen molar-refractivity contribution in [3.05, 3.63) is 35.9 Å². The monoisotopic (exact) mass is 314 g/mol. The van der Waals surface area contributed by atoms with Gasteiger partial charge in [-0.1, -0.05) is 30.3 Å². The number of hydrogen-bond donors (Lipinski definition) is 1. The van der Waals surface area contributed by atoms with Gasteiger partial charge in [-0.3, -0.25) is 9.59 Å². The fourth-order valence-electron chi connectivity index (χ4n) is 2.41. The molecule has 0 unspecified atom stereocenters. The Labute approximate surface area is 126 Å². The number of carbonyl (C=O) groups excluding carboxylic acids is 2. The zero-order chi connectivity index (χ0) is 16.2. The lowest BCUT2D eigenvalue weighted by Crippen LogP contribution is -2.46. The summed E-state index contributed by atoms with van der Waals surface area (Å²) in [4.78, 5) is 24.8. The highest BCUT2D eigenvalue weighted by Gasteiger charge is 2.42. The number of amides is 2. The summed E-state index contributed by atoms with van der Waals surface area (Å²) in [6.07, 6.45) is -2.73. The number of carbonyl (C=O) groups is 2. The Hall–Kier alpha value is -2.05. The van der Waals surface area contributed by atoms with Crippen molar-refractivity contribution in [2.24, 2.45) is 0 Å². The highest BCUT2D eigenvalue weighted by Crippen LogP contribution is 2.32. The normalized spacial score (nSPS) is 17.2. The average molecular weight is 314 g/mol. The summed E-state index contributed by atoms with van der Waals surface area (Å²) in [7, 11) is 0. The Morgan fingerprint density at radius 3 is 2.50 bits per heavy atom. The third-order valence-electron chi connectivity index (χ3n) is 3.52. The lowest BCUT2D eigenvalue weighted by Gasteiger charge is -2.28. The molecule has 120 valence electrons. The first-order chi connectivity index (χ1) is 10.4. The van der Waals surface area contributed by atoms with Crippen molar-refractivity contribution in [1.29, 1.82) is 0 Å². The van der Waals surface area contributed by atoms with Crippen LogP contribution in [0.15, 0.2) is 30.3 Å². The molecule has 4 nitrogen and oxygen atoms in total. The van der Waals surface area contributed by atoms with E-state index in [1.807, 2.05) is 5.32 Å². The fraction of sp³-hybridized carbons (Fsp3) is 0.467. The van der Waals surface area contributed by atoms with Gasteiger partial charge in [-0.2, -0.15) is 13.2 Å². The number of alkyl halides is 3. The summed E-state index contributed by atoms with van der Waals surface area (Å²) in [6, 6.07) is 5.12. The summed E-state index contributed by atoms with van der Waals surface area (Å²) in [5.74, 6) is -0.994. The van der Waals surface area contributed by atoms with E-state index in [1.54, 1.807) is 6.07 Å². The maximum Gasteiger partial charge on any atom is 0.412 e. The van der Waals surface area contributed by atoms with E-state index in [9.17, 15) is 22.8 Å². The van der Waals surface area contributed by atoms with E-state index in [0.29, 0.717) is 13.0 Å². The molecule has 0 aliphatic carbocycles. The summed E-state index contributed by atoms with van der Waals surface area (Å²) < 4.78 is 39.4.